The molecule has 3 radical (unpaired) electrons. The van der Waals surface area contributed by atoms with Crippen LogP contribution in [0.1, 0.15) is 62.3 Å². The van der Waals surface area contributed by atoms with E-state index < -0.39 is 16.8 Å². The van der Waals surface area contributed by atoms with Crippen molar-refractivity contribution in [1.82, 2.24) is 0 Å². The average Bonchev–Trinajstić information content (AvgIpc) is 1.41. The van der Waals surface area contributed by atoms with Gasteiger partial charge in [-0.05, 0) is 62.3 Å². The van der Waals surface area contributed by atoms with Gasteiger partial charge in [0.2, 0.25) is 0 Å². The van der Waals surface area contributed by atoms with E-state index in [1.807, 2.05) is 0 Å². The van der Waals surface area contributed by atoms with E-state index in [1.54, 1.807) is 62.3 Å². The standard InChI is InChI=1S/3C4H10O.Al/c3*1-4(2,3)5;/h3*5H,1-3H3;. The van der Waals surface area contributed by atoms with Crippen molar-refractivity contribution >= 4 is 17.4 Å². The van der Waals surface area contributed by atoms with Gasteiger partial charge in [-0.1, -0.05) is 0 Å². The molecule has 0 amide bonds. The van der Waals surface area contributed by atoms with E-state index in [0.29, 0.717) is 0 Å². The minimum Gasteiger partial charge on any atom is -0.391 e. The Hall–Kier alpha value is 0.412. The van der Waals surface area contributed by atoms with Crippen molar-refractivity contribution in [2.24, 2.45) is 0 Å². The Morgan fingerprint density at radius 3 is 0.438 bits per heavy atom. The van der Waals surface area contributed by atoms with Crippen molar-refractivity contribution in [3.05, 3.63) is 0 Å². The van der Waals surface area contributed by atoms with Gasteiger partial charge in [-0.3, -0.25) is 0 Å². The minimum atomic E-state index is -0.500. The molecule has 0 heterocycles. The molecule has 0 spiro atoms. The van der Waals surface area contributed by atoms with Crippen LogP contribution in [-0.2, 0) is 0 Å². The van der Waals surface area contributed by atoms with Crippen LogP contribution in [0.4, 0.5) is 0 Å². The smallest absolute Gasteiger partial charge is 0.0563 e. The zero-order chi connectivity index (χ0) is 13.5. The molecule has 0 aliphatic rings. The minimum absolute atomic E-state index is 0. The molecule has 0 bridgehead atoms. The third-order valence-corrected chi connectivity index (χ3v) is 0. The van der Waals surface area contributed by atoms with Crippen molar-refractivity contribution in [1.29, 1.82) is 0 Å². The van der Waals surface area contributed by atoms with Crippen molar-refractivity contribution < 1.29 is 15.3 Å². The van der Waals surface area contributed by atoms with Crippen molar-refractivity contribution in [2.45, 2.75) is 79.1 Å². The van der Waals surface area contributed by atoms with E-state index >= 15 is 0 Å². The van der Waals surface area contributed by atoms with Crippen molar-refractivity contribution in [3.63, 3.8) is 0 Å². The quantitative estimate of drug-likeness (QED) is 0.575. The predicted molar refractivity (Wildman–Crippen MR) is 71.7 cm³/mol. The van der Waals surface area contributed by atoms with Crippen LogP contribution in [0.15, 0.2) is 0 Å². The SMILES string of the molecule is CC(C)(C)O.CC(C)(C)O.CC(C)(C)O.[Al]. The molecular formula is C12H30AlO3. The Morgan fingerprint density at radius 1 is 0.438 bits per heavy atom. The summed E-state index contributed by atoms with van der Waals surface area (Å²) in [5, 5.41) is 25.6. The summed E-state index contributed by atoms with van der Waals surface area (Å²) in [6.07, 6.45) is 0. The van der Waals surface area contributed by atoms with E-state index in [-0.39, 0.29) is 17.4 Å². The lowest BCUT2D eigenvalue weighted by atomic mass is 10.2. The normalized spacial score (nSPS) is 11.2. The first-order valence-electron chi connectivity index (χ1n) is 5.17. The highest BCUT2D eigenvalue weighted by Crippen LogP contribution is 1.94. The lowest BCUT2D eigenvalue weighted by Crippen LogP contribution is -2.10. The fourth-order valence-electron chi connectivity index (χ4n) is 0. The molecule has 0 aromatic carbocycles. The molecule has 0 saturated heterocycles. The zero-order valence-corrected chi connectivity index (χ0v) is 13.6. The molecule has 4 heteroatoms. The molecule has 0 aliphatic heterocycles. The van der Waals surface area contributed by atoms with Crippen LogP contribution >= 0.6 is 0 Å². The van der Waals surface area contributed by atoms with Gasteiger partial charge in [0, 0.05) is 17.4 Å². The Morgan fingerprint density at radius 2 is 0.438 bits per heavy atom. The lowest BCUT2D eigenvalue weighted by Gasteiger charge is -2.04. The summed E-state index contributed by atoms with van der Waals surface area (Å²) in [6, 6.07) is 0. The van der Waals surface area contributed by atoms with E-state index in [2.05, 4.69) is 0 Å². The Bertz CT molecular complexity index is 91.3. The van der Waals surface area contributed by atoms with E-state index in [4.69, 9.17) is 15.3 Å². The van der Waals surface area contributed by atoms with Gasteiger partial charge in [0.15, 0.2) is 0 Å². The highest BCUT2D eigenvalue weighted by molar-refractivity contribution is 5.75. The molecule has 3 nitrogen and oxygen atoms in total. The maximum absolute atomic E-state index is 8.52. The first-order chi connectivity index (χ1) is 6.00. The summed E-state index contributed by atoms with van der Waals surface area (Å²) in [5.74, 6) is 0. The second-order valence-corrected chi connectivity index (χ2v) is 6.51. The number of hydrogen-bond acceptors (Lipinski definition) is 3. The third-order valence-electron chi connectivity index (χ3n) is 0. The summed E-state index contributed by atoms with van der Waals surface area (Å²) >= 11 is 0. The molecule has 99 valence electrons. The van der Waals surface area contributed by atoms with E-state index in [0.717, 1.165) is 0 Å². The summed E-state index contributed by atoms with van der Waals surface area (Å²) in [5.41, 5.74) is -1.50. The van der Waals surface area contributed by atoms with E-state index in [9.17, 15) is 0 Å². The lowest BCUT2D eigenvalue weighted by molar-refractivity contribution is 0.101. The molecule has 0 aromatic rings. The second-order valence-electron chi connectivity index (χ2n) is 6.51. The number of rotatable bonds is 0. The molecule has 0 rings (SSSR count). The van der Waals surface area contributed by atoms with E-state index in [1.165, 1.54) is 0 Å². The number of aliphatic hydroxyl groups is 3. The molecule has 0 atom stereocenters. The first-order valence-corrected chi connectivity index (χ1v) is 5.17. The second kappa shape index (κ2) is 9.44. The van der Waals surface area contributed by atoms with Crippen molar-refractivity contribution in [2.75, 3.05) is 0 Å². The Kier molecular flexibility index (Phi) is 14.9. The molecule has 3 N–H and O–H groups in total. The average molecular weight is 249 g/mol. The van der Waals surface area contributed by atoms with Crippen LogP contribution in [-0.4, -0.2) is 49.5 Å². The van der Waals surface area contributed by atoms with Gasteiger partial charge in [-0.2, -0.15) is 0 Å². The molecule has 0 aliphatic carbocycles. The van der Waals surface area contributed by atoms with Crippen LogP contribution in [0, 0.1) is 0 Å². The van der Waals surface area contributed by atoms with Crippen LogP contribution in [0.25, 0.3) is 0 Å². The van der Waals surface area contributed by atoms with Gasteiger partial charge in [0.25, 0.3) is 0 Å². The molecule has 0 unspecified atom stereocenters. The highest BCUT2D eigenvalue weighted by atomic mass is 27.0. The molecular weight excluding hydrogens is 219 g/mol. The van der Waals surface area contributed by atoms with Crippen LogP contribution in [0.3, 0.4) is 0 Å². The molecule has 16 heavy (non-hydrogen) atoms. The fraction of sp³-hybridized carbons (Fsp3) is 1.00. The molecule has 0 fully saturated rings. The van der Waals surface area contributed by atoms with Crippen LogP contribution in [0.2, 0.25) is 0 Å². The topological polar surface area (TPSA) is 60.7 Å². The summed E-state index contributed by atoms with van der Waals surface area (Å²) in [4.78, 5) is 0. The van der Waals surface area contributed by atoms with Crippen LogP contribution in [0.5, 0.6) is 0 Å². The highest BCUT2D eigenvalue weighted by Gasteiger charge is 1.98. The first kappa shape index (κ1) is 25.3. The zero-order valence-electron chi connectivity index (χ0n) is 12.4. The summed E-state index contributed by atoms with van der Waals surface area (Å²) in [6.45, 7) is 15.7. The molecule has 0 saturated carbocycles. The van der Waals surface area contributed by atoms with Gasteiger partial charge >= 0.3 is 0 Å². The maximum atomic E-state index is 8.52. The van der Waals surface area contributed by atoms with Crippen molar-refractivity contribution in [3.8, 4) is 0 Å². The van der Waals surface area contributed by atoms with Gasteiger partial charge < -0.3 is 15.3 Å². The fourth-order valence-corrected chi connectivity index (χ4v) is 0. The number of hydrogen-bond donors (Lipinski definition) is 3. The van der Waals surface area contributed by atoms with Gasteiger partial charge in [-0.25, -0.2) is 0 Å². The predicted octanol–water partition coefficient (Wildman–Crippen LogP) is 1.95. The largest absolute Gasteiger partial charge is 0.391 e. The summed E-state index contributed by atoms with van der Waals surface area (Å²) in [7, 11) is 0. The van der Waals surface area contributed by atoms with Gasteiger partial charge in [0.1, 0.15) is 0 Å². The summed E-state index contributed by atoms with van der Waals surface area (Å²) < 4.78 is 0. The van der Waals surface area contributed by atoms with Crippen LogP contribution < -0.4 is 0 Å². The maximum Gasteiger partial charge on any atom is 0.0563 e. The van der Waals surface area contributed by atoms with Gasteiger partial charge in [-0.15, -0.1) is 0 Å². The van der Waals surface area contributed by atoms with Gasteiger partial charge in [0.05, 0.1) is 16.8 Å². The third kappa shape index (κ3) is 15200. The molecule has 0 aromatic heterocycles. The Labute approximate surface area is 112 Å². The Balaban J connectivity index is -0.0000000655. The monoisotopic (exact) mass is 249 g/mol.